The van der Waals surface area contributed by atoms with Crippen LogP contribution >= 0.6 is 22.9 Å². The molecule has 0 amide bonds. The zero-order valence-electron chi connectivity index (χ0n) is 8.65. The van der Waals surface area contributed by atoms with E-state index in [1.807, 2.05) is 0 Å². The predicted molar refractivity (Wildman–Crippen MR) is 65.5 cm³/mol. The third-order valence-electron chi connectivity index (χ3n) is 2.36. The topological polar surface area (TPSA) is 74.6 Å². The van der Waals surface area contributed by atoms with E-state index < -0.39 is 11.9 Å². The van der Waals surface area contributed by atoms with Gasteiger partial charge in [0.1, 0.15) is 4.88 Å². The zero-order valence-corrected chi connectivity index (χ0v) is 10.2. The molecular weight excluding hydrogens is 264 g/mol. The largest absolute Gasteiger partial charge is 0.478 e. The zero-order chi connectivity index (χ0) is 12.7. The number of carbonyl (C=O) groups is 2. The van der Waals surface area contributed by atoms with Crippen LogP contribution in [0.2, 0.25) is 5.02 Å². The van der Waals surface area contributed by atoms with Gasteiger partial charge < -0.3 is 10.2 Å². The molecule has 2 aromatic rings. The fourth-order valence-corrected chi connectivity index (χ4v) is 3.23. The van der Waals surface area contributed by atoms with Crippen molar-refractivity contribution in [3.63, 3.8) is 0 Å². The standard InChI is InChI=1S/C11H7ClO4S/c1-4-2-5(12)3-6-7(4)8(10(13)14)9(17-6)11(15)16/h2-3H,1H3,(H,13,14)(H,15,16). The molecule has 0 bridgehead atoms. The Balaban J connectivity index is 2.95. The van der Waals surface area contributed by atoms with Crippen molar-refractivity contribution in [2.24, 2.45) is 0 Å². The van der Waals surface area contributed by atoms with Gasteiger partial charge in [-0.1, -0.05) is 11.6 Å². The number of hydrogen-bond acceptors (Lipinski definition) is 3. The summed E-state index contributed by atoms with van der Waals surface area (Å²) in [7, 11) is 0. The van der Waals surface area contributed by atoms with Crippen molar-refractivity contribution in [1.29, 1.82) is 0 Å². The molecule has 0 aliphatic carbocycles. The summed E-state index contributed by atoms with van der Waals surface area (Å²) in [6.07, 6.45) is 0. The maximum absolute atomic E-state index is 11.1. The molecule has 1 aromatic carbocycles. The van der Waals surface area contributed by atoms with E-state index in [2.05, 4.69) is 0 Å². The van der Waals surface area contributed by atoms with Crippen molar-refractivity contribution in [1.82, 2.24) is 0 Å². The predicted octanol–water partition coefficient (Wildman–Crippen LogP) is 3.26. The second-order valence-electron chi connectivity index (χ2n) is 3.51. The van der Waals surface area contributed by atoms with Crippen LogP contribution in [0.25, 0.3) is 10.1 Å². The van der Waals surface area contributed by atoms with Crippen LogP contribution < -0.4 is 0 Å². The van der Waals surface area contributed by atoms with Gasteiger partial charge in [-0.3, -0.25) is 0 Å². The highest BCUT2D eigenvalue weighted by Gasteiger charge is 2.24. The van der Waals surface area contributed by atoms with Gasteiger partial charge in [-0.15, -0.1) is 11.3 Å². The molecule has 0 fully saturated rings. The number of thiophene rings is 1. The van der Waals surface area contributed by atoms with E-state index in [9.17, 15) is 9.59 Å². The first-order valence-corrected chi connectivity index (χ1v) is 5.80. The highest BCUT2D eigenvalue weighted by atomic mass is 35.5. The quantitative estimate of drug-likeness (QED) is 0.878. The number of rotatable bonds is 2. The Morgan fingerprint density at radius 2 is 1.88 bits per heavy atom. The minimum absolute atomic E-state index is 0.160. The average Bonchev–Trinajstić information content (AvgIpc) is 2.56. The molecule has 2 rings (SSSR count). The van der Waals surface area contributed by atoms with Gasteiger partial charge in [0, 0.05) is 15.1 Å². The SMILES string of the molecule is Cc1cc(Cl)cc2sc(C(=O)O)c(C(=O)O)c12. The number of carboxylic acids is 2. The van der Waals surface area contributed by atoms with E-state index >= 15 is 0 Å². The van der Waals surface area contributed by atoms with Crippen LogP contribution in [-0.2, 0) is 0 Å². The van der Waals surface area contributed by atoms with Gasteiger partial charge in [0.15, 0.2) is 0 Å². The van der Waals surface area contributed by atoms with Gasteiger partial charge in [-0.25, -0.2) is 9.59 Å². The van der Waals surface area contributed by atoms with Crippen molar-refractivity contribution in [3.8, 4) is 0 Å². The summed E-state index contributed by atoms with van der Waals surface area (Å²) in [6.45, 7) is 1.71. The number of aryl methyl sites for hydroxylation is 1. The smallest absolute Gasteiger partial charge is 0.346 e. The molecule has 0 aliphatic rings. The third kappa shape index (κ3) is 1.87. The number of carboxylic acid groups (broad SMARTS) is 2. The van der Waals surface area contributed by atoms with Gasteiger partial charge in [0.25, 0.3) is 0 Å². The van der Waals surface area contributed by atoms with Crippen LogP contribution in [-0.4, -0.2) is 22.2 Å². The number of hydrogen-bond donors (Lipinski definition) is 2. The van der Waals surface area contributed by atoms with Crippen LogP contribution in [0, 0.1) is 6.92 Å². The van der Waals surface area contributed by atoms with E-state index in [1.165, 1.54) is 0 Å². The molecule has 0 saturated heterocycles. The minimum Gasteiger partial charge on any atom is -0.478 e. The summed E-state index contributed by atoms with van der Waals surface area (Å²) in [5.41, 5.74) is 0.500. The van der Waals surface area contributed by atoms with Gasteiger partial charge in [-0.05, 0) is 24.6 Å². The summed E-state index contributed by atoms with van der Waals surface area (Å²) in [5.74, 6) is -2.47. The number of benzene rings is 1. The maximum atomic E-state index is 11.1. The van der Waals surface area contributed by atoms with Crippen molar-refractivity contribution < 1.29 is 19.8 Å². The summed E-state index contributed by atoms with van der Waals surface area (Å²) in [5, 5.41) is 19.0. The molecule has 1 aromatic heterocycles. The van der Waals surface area contributed by atoms with Gasteiger partial charge in [0.2, 0.25) is 0 Å². The normalized spacial score (nSPS) is 10.7. The molecule has 88 valence electrons. The Bertz CT molecular complexity index is 644. The van der Waals surface area contributed by atoms with Gasteiger partial charge >= 0.3 is 11.9 Å². The van der Waals surface area contributed by atoms with Crippen molar-refractivity contribution in [2.75, 3.05) is 0 Å². The van der Waals surface area contributed by atoms with Gasteiger partial charge in [-0.2, -0.15) is 0 Å². The first kappa shape index (κ1) is 11.9. The first-order valence-electron chi connectivity index (χ1n) is 4.61. The molecule has 0 unspecified atom stereocenters. The fraction of sp³-hybridized carbons (Fsp3) is 0.0909. The van der Waals surface area contributed by atoms with Crippen LogP contribution in [0.5, 0.6) is 0 Å². The molecule has 0 atom stereocenters. The lowest BCUT2D eigenvalue weighted by molar-refractivity contribution is 0.0657. The molecule has 0 radical (unpaired) electrons. The van der Waals surface area contributed by atoms with E-state index in [1.54, 1.807) is 19.1 Å². The Kier molecular flexibility index (Phi) is 2.81. The molecule has 17 heavy (non-hydrogen) atoms. The van der Waals surface area contributed by atoms with Crippen LogP contribution in [0.15, 0.2) is 12.1 Å². The molecule has 6 heteroatoms. The van der Waals surface area contributed by atoms with E-state index in [0.717, 1.165) is 11.3 Å². The average molecular weight is 271 g/mol. The van der Waals surface area contributed by atoms with Crippen LogP contribution in [0.4, 0.5) is 0 Å². The molecule has 1 heterocycles. The van der Waals surface area contributed by atoms with Crippen molar-refractivity contribution in [2.45, 2.75) is 6.92 Å². The Hall–Kier alpha value is -1.59. The number of aromatic carboxylic acids is 2. The molecular formula is C11H7ClO4S. The second-order valence-corrected chi connectivity index (χ2v) is 5.00. The minimum atomic E-state index is -1.24. The molecule has 4 nitrogen and oxygen atoms in total. The highest BCUT2D eigenvalue weighted by Crippen LogP contribution is 2.35. The third-order valence-corrected chi connectivity index (χ3v) is 3.70. The lowest BCUT2D eigenvalue weighted by Crippen LogP contribution is -2.04. The summed E-state index contributed by atoms with van der Waals surface area (Å²) in [4.78, 5) is 22.0. The van der Waals surface area contributed by atoms with E-state index in [4.69, 9.17) is 21.8 Å². The fourth-order valence-electron chi connectivity index (χ4n) is 1.74. The van der Waals surface area contributed by atoms with Gasteiger partial charge in [0.05, 0.1) is 5.56 Å². The Morgan fingerprint density at radius 3 is 2.41 bits per heavy atom. The number of fused-ring (bicyclic) bond motifs is 1. The second kappa shape index (κ2) is 4.01. The summed E-state index contributed by atoms with van der Waals surface area (Å²) in [6, 6.07) is 3.20. The molecule has 2 N–H and O–H groups in total. The van der Waals surface area contributed by atoms with E-state index in [-0.39, 0.29) is 10.4 Å². The summed E-state index contributed by atoms with van der Waals surface area (Å²) < 4.78 is 0.574. The molecule has 0 saturated carbocycles. The summed E-state index contributed by atoms with van der Waals surface area (Å²) >= 11 is 6.78. The Labute approximate surface area is 105 Å². The first-order chi connectivity index (χ1) is 7.91. The lowest BCUT2D eigenvalue weighted by atomic mass is 10.1. The lowest BCUT2D eigenvalue weighted by Gasteiger charge is -1.99. The van der Waals surface area contributed by atoms with Crippen molar-refractivity contribution >= 4 is 45.0 Å². The molecule has 0 spiro atoms. The highest BCUT2D eigenvalue weighted by molar-refractivity contribution is 7.21. The number of halogens is 1. The maximum Gasteiger partial charge on any atom is 0.346 e. The molecule has 0 aliphatic heterocycles. The Morgan fingerprint density at radius 1 is 1.24 bits per heavy atom. The van der Waals surface area contributed by atoms with Crippen molar-refractivity contribution in [3.05, 3.63) is 33.2 Å². The monoisotopic (exact) mass is 270 g/mol. The van der Waals surface area contributed by atoms with E-state index in [0.29, 0.717) is 20.7 Å². The van der Waals surface area contributed by atoms with Crippen LogP contribution in [0.1, 0.15) is 25.6 Å². The van der Waals surface area contributed by atoms with Crippen LogP contribution in [0.3, 0.4) is 0 Å².